The van der Waals surface area contributed by atoms with Crippen LogP contribution >= 0.6 is 22.7 Å². The number of amides is 2. The minimum absolute atomic E-state index is 0.00417. The third kappa shape index (κ3) is 4.55. The Bertz CT molecular complexity index is 1740. The van der Waals surface area contributed by atoms with Crippen molar-refractivity contribution in [1.29, 1.82) is 0 Å². The number of aromatic nitrogens is 4. The van der Waals surface area contributed by atoms with E-state index in [1.165, 1.54) is 33.4 Å². The lowest BCUT2D eigenvalue weighted by atomic mass is 10.2. The molecule has 0 saturated heterocycles. The van der Waals surface area contributed by atoms with Gasteiger partial charge in [0.25, 0.3) is 11.5 Å². The predicted molar refractivity (Wildman–Crippen MR) is 147 cm³/mol. The number of nitrogen functional groups attached to an aromatic ring is 1. The van der Waals surface area contributed by atoms with Crippen LogP contribution in [0.2, 0.25) is 0 Å². The van der Waals surface area contributed by atoms with E-state index in [1.807, 2.05) is 36.4 Å². The Kier molecular flexibility index (Phi) is 6.18. The lowest BCUT2D eigenvalue weighted by Crippen LogP contribution is -2.36. The summed E-state index contributed by atoms with van der Waals surface area (Å²) in [5.74, 6) is 0.171. The number of fused-ring (bicyclic) bond motifs is 2. The van der Waals surface area contributed by atoms with E-state index < -0.39 is 17.5 Å². The molecule has 0 unspecified atom stereocenters. The molecule has 4 aromatic heterocycles. The van der Waals surface area contributed by atoms with Crippen molar-refractivity contribution in [3.05, 3.63) is 87.1 Å². The zero-order chi connectivity index (χ0) is 26.2. The highest BCUT2D eigenvalue weighted by molar-refractivity contribution is 7.19. The minimum Gasteiger partial charge on any atom is -0.384 e. The monoisotopic (exact) mass is 543 g/mol. The minimum atomic E-state index is -0.710. The van der Waals surface area contributed by atoms with Gasteiger partial charge < -0.3 is 16.4 Å². The molecule has 6 rings (SSSR count). The molecule has 0 spiro atoms. The second-order valence-corrected chi connectivity index (χ2v) is 10.9. The quantitative estimate of drug-likeness (QED) is 0.297. The van der Waals surface area contributed by atoms with Crippen LogP contribution in [0, 0.1) is 0 Å². The molecule has 2 amide bonds. The van der Waals surface area contributed by atoms with Crippen LogP contribution in [0.15, 0.2) is 65.8 Å². The molecule has 5 aromatic rings. The number of pyridine rings is 1. The van der Waals surface area contributed by atoms with Crippen LogP contribution in [0.3, 0.4) is 0 Å². The van der Waals surface area contributed by atoms with Gasteiger partial charge in [0.1, 0.15) is 23.4 Å². The molecule has 38 heavy (non-hydrogen) atoms. The van der Waals surface area contributed by atoms with Crippen molar-refractivity contribution in [3.63, 3.8) is 0 Å². The number of benzene rings is 1. The molecular formula is C26H21N7O3S2. The second-order valence-electron chi connectivity index (χ2n) is 8.75. The first-order chi connectivity index (χ1) is 18.5. The van der Waals surface area contributed by atoms with Gasteiger partial charge in [-0.1, -0.05) is 30.3 Å². The van der Waals surface area contributed by atoms with E-state index >= 15 is 0 Å². The summed E-state index contributed by atoms with van der Waals surface area (Å²) in [4.78, 5) is 53.7. The van der Waals surface area contributed by atoms with E-state index in [0.717, 1.165) is 25.4 Å². The van der Waals surface area contributed by atoms with Gasteiger partial charge in [-0.25, -0.2) is 15.0 Å². The van der Waals surface area contributed by atoms with Crippen molar-refractivity contribution in [1.82, 2.24) is 24.8 Å². The number of hydrogen-bond acceptors (Lipinski definition) is 9. The van der Waals surface area contributed by atoms with E-state index in [-0.39, 0.29) is 16.6 Å². The third-order valence-electron chi connectivity index (χ3n) is 6.24. The summed E-state index contributed by atoms with van der Waals surface area (Å²) in [5.41, 5.74) is 6.24. The standard InChI is InChI=1S/C26H21N7O3S2/c27-21-9-19-15(10-28-21)8-16(37-19)11-30-23(34)18-6-7-22-29-12-17(26(36)33(18)22)32-24(35)25-31-13-20(38-25)14-4-2-1-3-5-14/h1-5,8-10,12-13,18H,6-7,11H2,(H2,27,28)(H,30,34)(H,32,35)/t18-/m0/s1. The summed E-state index contributed by atoms with van der Waals surface area (Å²) < 4.78 is 2.36. The van der Waals surface area contributed by atoms with Gasteiger partial charge in [-0.15, -0.1) is 22.7 Å². The Hall–Kier alpha value is -4.42. The summed E-state index contributed by atoms with van der Waals surface area (Å²) in [7, 11) is 0. The molecule has 1 aliphatic heterocycles. The fourth-order valence-corrected chi connectivity index (χ4v) is 6.25. The molecule has 0 fully saturated rings. The van der Waals surface area contributed by atoms with E-state index in [1.54, 1.807) is 18.5 Å². The maximum atomic E-state index is 13.3. The normalized spacial score (nSPS) is 14.4. The van der Waals surface area contributed by atoms with E-state index in [0.29, 0.717) is 31.0 Å². The van der Waals surface area contributed by atoms with Crippen molar-refractivity contribution in [2.45, 2.75) is 25.4 Å². The number of aryl methyl sites for hydroxylation is 1. The van der Waals surface area contributed by atoms with Crippen LogP contribution < -0.4 is 21.9 Å². The van der Waals surface area contributed by atoms with Crippen molar-refractivity contribution < 1.29 is 9.59 Å². The topological polar surface area (TPSA) is 145 Å². The molecule has 5 heterocycles. The highest BCUT2D eigenvalue weighted by Gasteiger charge is 2.31. The molecule has 12 heteroatoms. The van der Waals surface area contributed by atoms with E-state index in [9.17, 15) is 14.4 Å². The Morgan fingerprint density at radius 3 is 2.74 bits per heavy atom. The fourth-order valence-electron chi connectivity index (χ4n) is 4.41. The molecule has 1 aromatic carbocycles. The Labute approximate surface area is 224 Å². The number of carbonyl (C=O) groups excluding carboxylic acids is 2. The van der Waals surface area contributed by atoms with E-state index in [2.05, 4.69) is 25.6 Å². The molecule has 0 radical (unpaired) electrons. The van der Waals surface area contributed by atoms with Crippen LogP contribution in [0.25, 0.3) is 20.5 Å². The van der Waals surface area contributed by atoms with Crippen molar-refractivity contribution >= 4 is 56.1 Å². The molecule has 10 nitrogen and oxygen atoms in total. The molecule has 0 saturated carbocycles. The summed E-state index contributed by atoms with van der Waals surface area (Å²) in [6, 6.07) is 12.7. The number of carbonyl (C=O) groups is 2. The van der Waals surface area contributed by atoms with Gasteiger partial charge in [0.2, 0.25) is 5.91 Å². The first-order valence-electron chi connectivity index (χ1n) is 11.8. The van der Waals surface area contributed by atoms with E-state index in [4.69, 9.17) is 5.73 Å². The Morgan fingerprint density at radius 2 is 1.89 bits per heavy atom. The van der Waals surface area contributed by atoms with Gasteiger partial charge in [-0.3, -0.25) is 19.0 Å². The molecule has 4 N–H and O–H groups in total. The zero-order valence-electron chi connectivity index (χ0n) is 19.9. The van der Waals surface area contributed by atoms with Gasteiger partial charge in [-0.05, 0) is 24.1 Å². The average Bonchev–Trinajstić information content (AvgIpc) is 3.67. The fraction of sp³-hybridized carbons (Fsp3) is 0.154. The molecule has 0 bridgehead atoms. The number of thiazole rings is 1. The smallest absolute Gasteiger partial charge is 0.284 e. The molecular weight excluding hydrogens is 522 g/mol. The van der Waals surface area contributed by atoms with Crippen molar-refractivity contribution in [3.8, 4) is 10.4 Å². The summed E-state index contributed by atoms with van der Waals surface area (Å²) in [6.07, 6.45) is 5.61. The Balaban J connectivity index is 1.17. The number of nitrogens with two attached hydrogens (primary N) is 1. The number of nitrogens with zero attached hydrogens (tertiary/aromatic N) is 4. The summed E-state index contributed by atoms with van der Waals surface area (Å²) in [6.45, 7) is 0.316. The van der Waals surface area contributed by atoms with Crippen LogP contribution in [0.5, 0.6) is 0 Å². The van der Waals surface area contributed by atoms with Crippen LogP contribution in [0.4, 0.5) is 11.5 Å². The largest absolute Gasteiger partial charge is 0.384 e. The molecule has 190 valence electrons. The highest BCUT2D eigenvalue weighted by atomic mass is 32.1. The van der Waals surface area contributed by atoms with Crippen molar-refractivity contribution in [2.24, 2.45) is 0 Å². The molecule has 1 aliphatic rings. The van der Waals surface area contributed by atoms with Crippen LogP contribution in [-0.4, -0.2) is 31.3 Å². The predicted octanol–water partition coefficient (Wildman–Crippen LogP) is 3.61. The maximum absolute atomic E-state index is 13.3. The van der Waals surface area contributed by atoms with Gasteiger partial charge in [-0.2, -0.15) is 0 Å². The van der Waals surface area contributed by atoms with Gasteiger partial charge in [0.15, 0.2) is 5.01 Å². The zero-order valence-corrected chi connectivity index (χ0v) is 21.5. The molecule has 1 atom stereocenters. The number of hydrogen-bond donors (Lipinski definition) is 3. The molecule has 0 aliphatic carbocycles. The number of anilines is 2. The third-order valence-corrected chi connectivity index (χ3v) is 8.39. The number of rotatable bonds is 6. The van der Waals surface area contributed by atoms with Gasteiger partial charge in [0.05, 0.1) is 17.6 Å². The first-order valence-corrected chi connectivity index (χ1v) is 13.4. The second kappa shape index (κ2) is 9.80. The lowest BCUT2D eigenvalue weighted by Gasteiger charge is -2.15. The Morgan fingerprint density at radius 1 is 1.05 bits per heavy atom. The average molecular weight is 544 g/mol. The van der Waals surface area contributed by atoms with Crippen LogP contribution in [0.1, 0.15) is 33.0 Å². The van der Waals surface area contributed by atoms with Gasteiger partial charge in [0, 0.05) is 33.8 Å². The summed E-state index contributed by atoms with van der Waals surface area (Å²) in [5, 5.41) is 6.73. The number of nitrogens with one attached hydrogen (secondary N) is 2. The number of thiophene rings is 1. The maximum Gasteiger partial charge on any atom is 0.284 e. The SMILES string of the molecule is Nc1cc2sc(CNC(=O)[C@@H]3CCc4ncc(NC(=O)c5ncc(-c6ccccc6)s5)c(=O)n43)cc2cn1. The van der Waals surface area contributed by atoms with Crippen molar-refractivity contribution in [2.75, 3.05) is 11.1 Å². The summed E-state index contributed by atoms with van der Waals surface area (Å²) >= 11 is 2.75. The lowest BCUT2D eigenvalue weighted by molar-refractivity contribution is -0.124. The first kappa shape index (κ1) is 23.9. The highest BCUT2D eigenvalue weighted by Crippen LogP contribution is 2.28. The van der Waals surface area contributed by atoms with Crippen LogP contribution in [-0.2, 0) is 17.8 Å². The van der Waals surface area contributed by atoms with Gasteiger partial charge >= 0.3 is 0 Å².